The summed E-state index contributed by atoms with van der Waals surface area (Å²) in [4.78, 5) is 22.1. The highest BCUT2D eigenvalue weighted by molar-refractivity contribution is 7.98. The number of nitro groups is 1. The van der Waals surface area contributed by atoms with Crippen LogP contribution in [0.3, 0.4) is 0 Å². The Kier molecular flexibility index (Phi) is 8.15. The van der Waals surface area contributed by atoms with Gasteiger partial charge < -0.3 is 5.32 Å². The third-order valence-electron chi connectivity index (χ3n) is 2.97. The average Bonchev–Trinajstić information content (AvgIpc) is 2.46. The summed E-state index contributed by atoms with van der Waals surface area (Å²) in [6.07, 6.45) is 6.42. The number of nitro benzene ring substituents is 1. The zero-order valence-electron chi connectivity index (χ0n) is 11.9. The Balaban J connectivity index is 2.39. The maximum atomic E-state index is 11.9. The minimum absolute atomic E-state index is 0.0327. The second-order valence-electron chi connectivity index (χ2n) is 4.59. The summed E-state index contributed by atoms with van der Waals surface area (Å²) in [5.74, 6) is 0.861. The fourth-order valence-electron chi connectivity index (χ4n) is 1.82. The Morgan fingerprint density at radius 3 is 2.71 bits per heavy atom. The van der Waals surface area contributed by atoms with Gasteiger partial charge in [0.1, 0.15) is 5.02 Å². The first-order chi connectivity index (χ1) is 10.1. The molecular formula is C14H19ClN2O3S. The van der Waals surface area contributed by atoms with Crippen LogP contribution in [0.25, 0.3) is 0 Å². The molecule has 0 saturated carbocycles. The van der Waals surface area contributed by atoms with E-state index in [0.717, 1.165) is 19.3 Å². The van der Waals surface area contributed by atoms with Crippen molar-refractivity contribution in [2.75, 3.05) is 18.6 Å². The molecular weight excluding hydrogens is 312 g/mol. The SMILES string of the molecule is CSCCCCCCNC(=O)c1ccc(Cl)c([N+](=O)[O-])c1. The first-order valence-corrected chi connectivity index (χ1v) is 8.54. The van der Waals surface area contributed by atoms with Gasteiger partial charge in [-0.1, -0.05) is 24.4 Å². The second-order valence-corrected chi connectivity index (χ2v) is 5.98. The molecule has 0 heterocycles. The zero-order valence-corrected chi connectivity index (χ0v) is 13.5. The Hall–Kier alpha value is -1.27. The molecule has 0 fully saturated rings. The van der Waals surface area contributed by atoms with Gasteiger partial charge in [0.2, 0.25) is 0 Å². The molecule has 1 amide bonds. The van der Waals surface area contributed by atoms with Gasteiger partial charge in [-0.05, 0) is 37.0 Å². The molecule has 0 bridgehead atoms. The van der Waals surface area contributed by atoms with Crippen LogP contribution >= 0.6 is 23.4 Å². The van der Waals surface area contributed by atoms with Crippen LogP contribution in [0.5, 0.6) is 0 Å². The molecule has 0 aliphatic carbocycles. The molecule has 1 aromatic carbocycles. The number of carbonyl (C=O) groups excluding carboxylic acids is 1. The van der Waals surface area contributed by atoms with Gasteiger partial charge in [0.15, 0.2) is 0 Å². The average molecular weight is 331 g/mol. The number of unbranched alkanes of at least 4 members (excludes halogenated alkanes) is 3. The second kappa shape index (κ2) is 9.63. The summed E-state index contributed by atoms with van der Waals surface area (Å²) in [7, 11) is 0. The van der Waals surface area contributed by atoms with Gasteiger partial charge >= 0.3 is 0 Å². The van der Waals surface area contributed by atoms with Gasteiger partial charge in [-0.25, -0.2) is 0 Å². The summed E-state index contributed by atoms with van der Waals surface area (Å²) in [6.45, 7) is 0.578. The molecule has 7 heteroatoms. The first-order valence-electron chi connectivity index (χ1n) is 6.77. The van der Waals surface area contributed by atoms with E-state index in [2.05, 4.69) is 11.6 Å². The van der Waals surface area contributed by atoms with Gasteiger partial charge in [-0.2, -0.15) is 11.8 Å². The summed E-state index contributed by atoms with van der Waals surface area (Å²) in [5, 5.41) is 13.6. The zero-order chi connectivity index (χ0) is 15.7. The molecule has 0 radical (unpaired) electrons. The van der Waals surface area contributed by atoms with Crippen LogP contribution < -0.4 is 5.32 Å². The van der Waals surface area contributed by atoms with E-state index in [0.29, 0.717) is 6.54 Å². The molecule has 5 nitrogen and oxygen atoms in total. The van der Waals surface area contributed by atoms with Crippen LogP contribution in [0, 0.1) is 10.1 Å². The molecule has 1 aromatic rings. The number of rotatable bonds is 9. The maximum Gasteiger partial charge on any atom is 0.288 e. The Bertz CT molecular complexity index is 497. The number of hydrogen-bond acceptors (Lipinski definition) is 4. The molecule has 0 unspecified atom stereocenters. The predicted molar refractivity (Wildman–Crippen MR) is 87.3 cm³/mol. The number of hydrogen-bond donors (Lipinski definition) is 1. The van der Waals surface area contributed by atoms with E-state index in [9.17, 15) is 14.9 Å². The minimum atomic E-state index is -0.592. The molecule has 1 N–H and O–H groups in total. The van der Waals surface area contributed by atoms with Crippen molar-refractivity contribution in [3.8, 4) is 0 Å². The van der Waals surface area contributed by atoms with E-state index in [4.69, 9.17) is 11.6 Å². The Morgan fingerprint density at radius 1 is 1.33 bits per heavy atom. The monoisotopic (exact) mass is 330 g/mol. The van der Waals surface area contributed by atoms with E-state index in [-0.39, 0.29) is 22.2 Å². The maximum absolute atomic E-state index is 11.9. The standard InChI is InChI=1S/C14H19ClN2O3S/c1-21-9-5-3-2-4-8-16-14(18)11-6-7-12(15)13(10-11)17(19)20/h6-7,10H,2-5,8-9H2,1H3,(H,16,18). The summed E-state index contributed by atoms with van der Waals surface area (Å²) < 4.78 is 0. The number of carbonyl (C=O) groups is 1. The third-order valence-corrected chi connectivity index (χ3v) is 3.98. The van der Waals surface area contributed by atoms with Crippen molar-refractivity contribution in [1.29, 1.82) is 0 Å². The lowest BCUT2D eigenvalue weighted by Crippen LogP contribution is -2.24. The molecule has 1 rings (SSSR count). The van der Waals surface area contributed by atoms with E-state index in [1.54, 1.807) is 0 Å². The fourth-order valence-corrected chi connectivity index (χ4v) is 2.50. The molecule has 0 spiro atoms. The molecule has 116 valence electrons. The minimum Gasteiger partial charge on any atom is -0.352 e. The smallest absolute Gasteiger partial charge is 0.288 e. The number of nitrogens with one attached hydrogen (secondary N) is 1. The van der Waals surface area contributed by atoms with Gasteiger partial charge in [0.05, 0.1) is 4.92 Å². The van der Waals surface area contributed by atoms with Crippen molar-refractivity contribution < 1.29 is 9.72 Å². The van der Waals surface area contributed by atoms with Crippen LogP contribution in [-0.2, 0) is 0 Å². The molecule has 21 heavy (non-hydrogen) atoms. The largest absolute Gasteiger partial charge is 0.352 e. The van der Waals surface area contributed by atoms with Crippen molar-refractivity contribution in [3.05, 3.63) is 38.9 Å². The summed E-state index contributed by atoms with van der Waals surface area (Å²) >= 11 is 7.54. The number of nitrogens with zero attached hydrogens (tertiary/aromatic N) is 1. The van der Waals surface area contributed by atoms with E-state index in [1.807, 2.05) is 11.8 Å². The Morgan fingerprint density at radius 2 is 2.05 bits per heavy atom. The van der Waals surface area contributed by atoms with E-state index in [1.165, 1.54) is 30.4 Å². The third kappa shape index (κ3) is 6.35. The van der Waals surface area contributed by atoms with Crippen LogP contribution in [0.15, 0.2) is 18.2 Å². The number of benzene rings is 1. The van der Waals surface area contributed by atoms with Crippen molar-refractivity contribution >= 4 is 35.0 Å². The van der Waals surface area contributed by atoms with Crippen LogP contribution in [0.2, 0.25) is 5.02 Å². The predicted octanol–water partition coefficient (Wildman–Crippen LogP) is 3.90. The normalized spacial score (nSPS) is 10.4. The van der Waals surface area contributed by atoms with Crippen molar-refractivity contribution in [2.24, 2.45) is 0 Å². The summed E-state index contributed by atoms with van der Waals surface area (Å²) in [5.41, 5.74) is 0.00913. The van der Waals surface area contributed by atoms with E-state index >= 15 is 0 Å². The molecule has 0 aliphatic rings. The number of halogens is 1. The van der Waals surface area contributed by atoms with Gasteiger partial charge in [-0.15, -0.1) is 0 Å². The van der Waals surface area contributed by atoms with Crippen LogP contribution in [0.4, 0.5) is 5.69 Å². The molecule has 0 aromatic heterocycles. The highest BCUT2D eigenvalue weighted by Crippen LogP contribution is 2.24. The van der Waals surface area contributed by atoms with Gasteiger partial charge in [-0.3, -0.25) is 14.9 Å². The highest BCUT2D eigenvalue weighted by Gasteiger charge is 2.15. The lowest BCUT2D eigenvalue weighted by Gasteiger charge is -2.05. The first kappa shape index (κ1) is 17.8. The lowest BCUT2D eigenvalue weighted by atomic mass is 10.1. The Labute approximate surface area is 133 Å². The summed E-state index contributed by atoms with van der Waals surface area (Å²) in [6, 6.07) is 4.07. The van der Waals surface area contributed by atoms with Crippen LogP contribution in [0.1, 0.15) is 36.0 Å². The van der Waals surface area contributed by atoms with Gasteiger partial charge in [0.25, 0.3) is 11.6 Å². The van der Waals surface area contributed by atoms with Crippen molar-refractivity contribution in [2.45, 2.75) is 25.7 Å². The quantitative estimate of drug-likeness (QED) is 0.423. The van der Waals surface area contributed by atoms with Crippen molar-refractivity contribution in [3.63, 3.8) is 0 Å². The number of amides is 1. The highest BCUT2D eigenvalue weighted by atomic mass is 35.5. The number of thioether (sulfide) groups is 1. The molecule has 0 atom stereocenters. The molecule has 0 aliphatic heterocycles. The molecule has 0 saturated heterocycles. The van der Waals surface area contributed by atoms with E-state index < -0.39 is 4.92 Å². The van der Waals surface area contributed by atoms with Crippen LogP contribution in [-0.4, -0.2) is 29.4 Å². The fraction of sp³-hybridized carbons (Fsp3) is 0.500. The lowest BCUT2D eigenvalue weighted by molar-refractivity contribution is -0.384. The van der Waals surface area contributed by atoms with Gasteiger partial charge in [0, 0.05) is 18.2 Å². The van der Waals surface area contributed by atoms with Crippen molar-refractivity contribution in [1.82, 2.24) is 5.32 Å². The topological polar surface area (TPSA) is 72.2 Å².